The van der Waals surface area contributed by atoms with Crippen LogP contribution in [-0.2, 0) is 0 Å². The van der Waals surface area contributed by atoms with Crippen molar-refractivity contribution in [3.05, 3.63) is 12.5 Å². The summed E-state index contributed by atoms with van der Waals surface area (Å²) in [5.74, 6) is 4.48. The van der Waals surface area contributed by atoms with Gasteiger partial charge in [-0.1, -0.05) is 0 Å². The molecule has 1 fully saturated rings. The van der Waals surface area contributed by atoms with Crippen molar-refractivity contribution in [2.75, 3.05) is 34.9 Å². The van der Waals surface area contributed by atoms with Crippen molar-refractivity contribution in [3.63, 3.8) is 0 Å². The Balaban J connectivity index is 1.84. The normalized spacial score (nSPS) is 21.2. The lowest BCUT2D eigenvalue weighted by Gasteiger charge is -2.21. The maximum Gasteiger partial charge on any atom is 0.152 e. The zero-order valence-electron chi connectivity index (χ0n) is 8.35. The second-order valence-corrected chi connectivity index (χ2v) is 5.83. The number of nitrogens with one attached hydrogen (secondary N) is 1. The molecule has 4 nitrogen and oxygen atoms in total. The number of nitrogens with zero attached hydrogens (tertiary/aromatic N) is 2. The highest BCUT2D eigenvalue weighted by atomic mass is 32.2. The van der Waals surface area contributed by atoms with Crippen LogP contribution in [0.3, 0.4) is 0 Å². The van der Waals surface area contributed by atoms with Gasteiger partial charge in [0.1, 0.15) is 6.33 Å². The van der Waals surface area contributed by atoms with E-state index in [1.807, 2.05) is 23.5 Å². The topological polar surface area (TPSA) is 63.8 Å². The van der Waals surface area contributed by atoms with Gasteiger partial charge in [-0.25, -0.2) is 9.97 Å². The van der Waals surface area contributed by atoms with Gasteiger partial charge in [0.05, 0.1) is 11.9 Å². The third-order valence-electron chi connectivity index (χ3n) is 2.12. The molecule has 0 amide bonds. The molecule has 0 aromatic carbocycles. The minimum absolute atomic E-state index is 0.617. The van der Waals surface area contributed by atoms with E-state index in [-0.39, 0.29) is 0 Å². The zero-order chi connectivity index (χ0) is 10.5. The highest BCUT2D eigenvalue weighted by molar-refractivity contribution is 8.06. The van der Waals surface area contributed by atoms with Crippen LogP contribution >= 0.6 is 23.5 Å². The summed E-state index contributed by atoms with van der Waals surface area (Å²) in [6, 6.07) is 0. The van der Waals surface area contributed by atoms with Crippen molar-refractivity contribution in [1.29, 1.82) is 0 Å². The van der Waals surface area contributed by atoms with Crippen LogP contribution < -0.4 is 11.1 Å². The largest absolute Gasteiger partial charge is 0.394 e. The standard InChI is InChI=1S/C9H14N4S2/c10-8-4-11-6-13-9(8)12-3-7-5-14-1-2-15-7/h4,6-7H,1-3,5,10H2,(H,11,12,13). The summed E-state index contributed by atoms with van der Waals surface area (Å²) in [6.07, 6.45) is 3.14. The molecule has 1 saturated heterocycles. The van der Waals surface area contributed by atoms with Gasteiger partial charge in [0.2, 0.25) is 0 Å². The number of aromatic nitrogens is 2. The quantitative estimate of drug-likeness (QED) is 0.833. The minimum atomic E-state index is 0.617. The van der Waals surface area contributed by atoms with Crippen molar-refractivity contribution in [2.24, 2.45) is 0 Å². The molecular formula is C9H14N4S2. The van der Waals surface area contributed by atoms with E-state index in [0.717, 1.165) is 12.4 Å². The van der Waals surface area contributed by atoms with Gasteiger partial charge < -0.3 is 11.1 Å². The van der Waals surface area contributed by atoms with Gasteiger partial charge in [0, 0.05) is 29.1 Å². The fourth-order valence-electron chi connectivity index (χ4n) is 1.35. The van der Waals surface area contributed by atoms with Crippen molar-refractivity contribution in [1.82, 2.24) is 9.97 Å². The summed E-state index contributed by atoms with van der Waals surface area (Å²) >= 11 is 4.04. The predicted molar refractivity (Wildman–Crippen MR) is 68.5 cm³/mol. The van der Waals surface area contributed by atoms with E-state index in [9.17, 15) is 0 Å². The van der Waals surface area contributed by atoms with Gasteiger partial charge in [-0.15, -0.1) is 0 Å². The van der Waals surface area contributed by atoms with Crippen LogP contribution in [0.2, 0.25) is 0 Å². The Kier molecular flexibility index (Phi) is 3.96. The van der Waals surface area contributed by atoms with E-state index in [2.05, 4.69) is 15.3 Å². The lowest BCUT2D eigenvalue weighted by molar-refractivity contribution is 0.989. The third kappa shape index (κ3) is 3.17. The lowest BCUT2D eigenvalue weighted by Crippen LogP contribution is -2.23. The Morgan fingerprint density at radius 1 is 1.53 bits per heavy atom. The maximum absolute atomic E-state index is 5.74. The molecule has 1 aliphatic heterocycles. The number of hydrogen-bond donors (Lipinski definition) is 2. The summed E-state index contributed by atoms with van der Waals surface area (Å²) in [4.78, 5) is 7.95. The van der Waals surface area contributed by atoms with Crippen molar-refractivity contribution in [3.8, 4) is 0 Å². The number of thioether (sulfide) groups is 2. The predicted octanol–water partition coefficient (Wildman–Crippen LogP) is 1.32. The van der Waals surface area contributed by atoms with E-state index in [1.165, 1.54) is 23.6 Å². The summed E-state index contributed by atoms with van der Waals surface area (Å²) in [6.45, 7) is 0.929. The first-order valence-electron chi connectivity index (χ1n) is 4.85. The molecule has 2 heterocycles. The molecule has 1 aromatic rings. The average molecular weight is 242 g/mol. The Morgan fingerprint density at radius 3 is 3.20 bits per heavy atom. The van der Waals surface area contributed by atoms with Crippen LogP contribution in [-0.4, -0.2) is 39.0 Å². The Morgan fingerprint density at radius 2 is 2.47 bits per heavy atom. The Labute approximate surface area is 97.8 Å². The van der Waals surface area contributed by atoms with Crippen LogP contribution in [0.15, 0.2) is 12.5 Å². The fraction of sp³-hybridized carbons (Fsp3) is 0.556. The minimum Gasteiger partial charge on any atom is -0.394 e. The third-order valence-corrected chi connectivity index (χ3v) is 4.97. The molecule has 1 aliphatic rings. The van der Waals surface area contributed by atoms with Crippen molar-refractivity contribution >= 4 is 35.0 Å². The molecular weight excluding hydrogens is 228 g/mol. The number of rotatable bonds is 3. The average Bonchev–Trinajstić information content (AvgIpc) is 2.29. The summed E-state index contributed by atoms with van der Waals surface area (Å²) < 4.78 is 0. The van der Waals surface area contributed by atoms with Crippen LogP contribution in [0, 0.1) is 0 Å². The summed E-state index contributed by atoms with van der Waals surface area (Å²) in [7, 11) is 0. The summed E-state index contributed by atoms with van der Waals surface area (Å²) in [5, 5.41) is 3.94. The summed E-state index contributed by atoms with van der Waals surface area (Å²) in [5.41, 5.74) is 6.35. The highest BCUT2D eigenvalue weighted by Crippen LogP contribution is 2.24. The first-order valence-corrected chi connectivity index (χ1v) is 7.05. The van der Waals surface area contributed by atoms with Crippen LogP contribution in [0.4, 0.5) is 11.5 Å². The van der Waals surface area contributed by atoms with Crippen molar-refractivity contribution in [2.45, 2.75) is 5.25 Å². The molecule has 0 radical (unpaired) electrons. The fourth-order valence-corrected chi connectivity index (χ4v) is 3.96. The highest BCUT2D eigenvalue weighted by Gasteiger charge is 2.14. The smallest absolute Gasteiger partial charge is 0.152 e. The number of hydrogen-bond acceptors (Lipinski definition) is 6. The molecule has 3 N–H and O–H groups in total. The Hall–Kier alpha value is -0.620. The van der Waals surface area contributed by atoms with E-state index in [1.54, 1.807) is 6.20 Å². The van der Waals surface area contributed by atoms with Crippen molar-refractivity contribution < 1.29 is 0 Å². The monoisotopic (exact) mass is 242 g/mol. The van der Waals surface area contributed by atoms with Gasteiger partial charge in [-0.05, 0) is 0 Å². The van der Waals surface area contributed by atoms with E-state index < -0.39 is 0 Å². The molecule has 15 heavy (non-hydrogen) atoms. The van der Waals surface area contributed by atoms with Gasteiger partial charge in [0.25, 0.3) is 0 Å². The number of nitrogens with two attached hydrogens (primary N) is 1. The molecule has 0 saturated carbocycles. The molecule has 1 unspecified atom stereocenters. The van der Waals surface area contributed by atoms with Gasteiger partial charge >= 0.3 is 0 Å². The molecule has 1 aromatic heterocycles. The van der Waals surface area contributed by atoms with Crippen LogP contribution in [0.5, 0.6) is 0 Å². The first kappa shape index (κ1) is 10.9. The SMILES string of the molecule is Nc1cncnc1NCC1CSCCS1. The maximum atomic E-state index is 5.74. The molecule has 6 heteroatoms. The van der Waals surface area contributed by atoms with Crippen LogP contribution in [0.1, 0.15) is 0 Å². The van der Waals surface area contributed by atoms with E-state index >= 15 is 0 Å². The van der Waals surface area contributed by atoms with Crippen LogP contribution in [0.25, 0.3) is 0 Å². The van der Waals surface area contributed by atoms with E-state index in [4.69, 9.17) is 5.73 Å². The van der Waals surface area contributed by atoms with Gasteiger partial charge in [0.15, 0.2) is 5.82 Å². The number of nitrogen functional groups attached to an aromatic ring is 1. The first-order chi connectivity index (χ1) is 7.36. The zero-order valence-corrected chi connectivity index (χ0v) is 9.98. The molecule has 0 bridgehead atoms. The second kappa shape index (κ2) is 5.46. The molecule has 1 atom stereocenters. The molecule has 82 valence electrons. The molecule has 0 aliphatic carbocycles. The lowest BCUT2D eigenvalue weighted by atomic mass is 10.4. The molecule has 0 spiro atoms. The van der Waals surface area contributed by atoms with Gasteiger partial charge in [-0.3, -0.25) is 0 Å². The Bertz CT molecular complexity index is 315. The van der Waals surface area contributed by atoms with Gasteiger partial charge in [-0.2, -0.15) is 23.5 Å². The second-order valence-electron chi connectivity index (χ2n) is 3.28. The number of anilines is 2. The van der Waals surface area contributed by atoms with E-state index in [0.29, 0.717) is 10.9 Å². The molecule has 2 rings (SSSR count).